The van der Waals surface area contributed by atoms with Gasteiger partial charge in [0.15, 0.2) is 0 Å². The molecule has 1 N–H and O–H groups in total. The molecule has 1 heterocycles. The van der Waals surface area contributed by atoms with Gasteiger partial charge in [0.1, 0.15) is 0 Å². The van der Waals surface area contributed by atoms with Crippen LogP contribution in [0, 0.1) is 11.8 Å². The molecule has 0 aliphatic heterocycles. The molecule has 0 radical (unpaired) electrons. The van der Waals surface area contributed by atoms with Crippen LogP contribution in [0.2, 0.25) is 0 Å². The van der Waals surface area contributed by atoms with Crippen LogP contribution < -0.4 is 0 Å². The Bertz CT molecular complexity index is 399. The topological polar surface area (TPSA) is 38.0 Å². The highest BCUT2D eigenvalue weighted by molar-refractivity contribution is 5.07. The van der Waals surface area contributed by atoms with Crippen molar-refractivity contribution in [2.75, 3.05) is 0 Å². The summed E-state index contributed by atoms with van der Waals surface area (Å²) in [5, 5.41) is 15.4. The summed E-state index contributed by atoms with van der Waals surface area (Å²) in [6.07, 6.45) is 5.98. The number of hydrogen-bond donors (Lipinski definition) is 1. The first-order valence-electron chi connectivity index (χ1n) is 7.17. The predicted octanol–water partition coefficient (Wildman–Crippen LogP) is 3.19. The fourth-order valence-electron chi connectivity index (χ4n) is 3.03. The third-order valence-electron chi connectivity index (χ3n) is 4.39. The van der Waals surface area contributed by atoms with Crippen molar-refractivity contribution < 1.29 is 5.11 Å². The Kier molecular flexibility index (Phi) is 3.81. The quantitative estimate of drug-likeness (QED) is 0.894. The van der Waals surface area contributed by atoms with Crippen LogP contribution in [0.1, 0.15) is 58.7 Å². The summed E-state index contributed by atoms with van der Waals surface area (Å²) in [5.41, 5.74) is 0.459. The second-order valence-corrected chi connectivity index (χ2v) is 6.45. The second kappa shape index (κ2) is 5.04. The maximum Gasteiger partial charge on any atom is 0.0731 e. The van der Waals surface area contributed by atoms with E-state index in [0.717, 1.165) is 18.5 Å². The highest BCUT2D eigenvalue weighted by Gasteiger charge is 2.39. The molecule has 3 atom stereocenters. The Hall–Kier alpha value is -0.830. The molecule has 0 amide bonds. The Morgan fingerprint density at radius 3 is 2.78 bits per heavy atom. The van der Waals surface area contributed by atoms with E-state index in [1.54, 1.807) is 0 Å². The van der Waals surface area contributed by atoms with Crippen LogP contribution in [0.4, 0.5) is 0 Å². The first kappa shape index (κ1) is 13.6. The summed E-state index contributed by atoms with van der Waals surface area (Å²) in [5.74, 6) is 0.997. The minimum Gasteiger partial charge on any atom is -0.389 e. The minimum absolute atomic E-state index is 0.373. The van der Waals surface area contributed by atoms with Crippen molar-refractivity contribution in [2.24, 2.45) is 11.8 Å². The Labute approximate surface area is 110 Å². The van der Waals surface area contributed by atoms with Crippen LogP contribution in [0.5, 0.6) is 0 Å². The Balaban J connectivity index is 2.10. The standard InChI is InChI=1S/C15H26N2O/c1-11(2)17-8-7-14(16-17)10-15(18)9-12(3)5-6-13(15)4/h7-8,11-13,18H,5-6,9-10H2,1-4H3. The molecule has 0 bridgehead atoms. The van der Waals surface area contributed by atoms with Gasteiger partial charge in [-0.2, -0.15) is 5.10 Å². The maximum atomic E-state index is 10.9. The van der Waals surface area contributed by atoms with Crippen LogP contribution >= 0.6 is 0 Å². The average Bonchev–Trinajstić information content (AvgIpc) is 2.72. The smallest absolute Gasteiger partial charge is 0.0731 e. The molecule has 1 aliphatic carbocycles. The molecule has 1 saturated carbocycles. The maximum absolute atomic E-state index is 10.9. The number of nitrogens with zero attached hydrogens (tertiary/aromatic N) is 2. The molecule has 1 aliphatic rings. The number of hydrogen-bond acceptors (Lipinski definition) is 2. The highest BCUT2D eigenvalue weighted by Crippen LogP contribution is 2.38. The molecule has 1 aromatic heterocycles. The third kappa shape index (κ3) is 2.77. The number of aromatic nitrogens is 2. The van der Waals surface area contributed by atoms with E-state index < -0.39 is 5.60 Å². The molecule has 102 valence electrons. The molecule has 1 aromatic rings. The van der Waals surface area contributed by atoms with Crippen LogP contribution in [-0.2, 0) is 6.42 Å². The first-order chi connectivity index (χ1) is 8.40. The van der Waals surface area contributed by atoms with Gasteiger partial charge in [0.25, 0.3) is 0 Å². The Morgan fingerprint density at radius 1 is 1.44 bits per heavy atom. The predicted molar refractivity (Wildman–Crippen MR) is 73.4 cm³/mol. The summed E-state index contributed by atoms with van der Waals surface area (Å²) in [6.45, 7) is 8.66. The van der Waals surface area contributed by atoms with Crippen molar-refractivity contribution >= 4 is 0 Å². The van der Waals surface area contributed by atoms with E-state index in [2.05, 4.69) is 32.8 Å². The lowest BCUT2D eigenvalue weighted by Crippen LogP contribution is -2.43. The fourth-order valence-corrected chi connectivity index (χ4v) is 3.03. The molecule has 2 rings (SSSR count). The van der Waals surface area contributed by atoms with Gasteiger partial charge in [-0.1, -0.05) is 20.3 Å². The van der Waals surface area contributed by atoms with Crippen molar-refractivity contribution in [1.82, 2.24) is 9.78 Å². The van der Waals surface area contributed by atoms with Gasteiger partial charge in [-0.05, 0) is 44.6 Å². The summed E-state index contributed by atoms with van der Waals surface area (Å²) in [4.78, 5) is 0. The highest BCUT2D eigenvalue weighted by atomic mass is 16.3. The van der Waals surface area contributed by atoms with E-state index in [4.69, 9.17) is 0 Å². The molecule has 3 unspecified atom stereocenters. The lowest BCUT2D eigenvalue weighted by Gasteiger charge is -2.40. The van der Waals surface area contributed by atoms with Gasteiger partial charge in [-0.15, -0.1) is 0 Å². The van der Waals surface area contributed by atoms with Crippen LogP contribution in [0.25, 0.3) is 0 Å². The minimum atomic E-state index is -0.562. The van der Waals surface area contributed by atoms with Crippen molar-refractivity contribution in [1.29, 1.82) is 0 Å². The monoisotopic (exact) mass is 250 g/mol. The normalized spacial score (nSPS) is 33.0. The van der Waals surface area contributed by atoms with E-state index in [-0.39, 0.29) is 0 Å². The molecule has 18 heavy (non-hydrogen) atoms. The van der Waals surface area contributed by atoms with Gasteiger partial charge in [0.05, 0.1) is 11.3 Å². The first-order valence-corrected chi connectivity index (χ1v) is 7.17. The molecule has 0 aromatic carbocycles. The van der Waals surface area contributed by atoms with Gasteiger partial charge in [0.2, 0.25) is 0 Å². The molecule has 3 heteroatoms. The van der Waals surface area contributed by atoms with Gasteiger partial charge < -0.3 is 5.11 Å². The number of rotatable bonds is 3. The summed E-state index contributed by atoms with van der Waals surface area (Å²) in [7, 11) is 0. The van der Waals surface area contributed by atoms with Crippen molar-refractivity contribution in [2.45, 2.75) is 65.0 Å². The molecular formula is C15H26N2O. The fraction of sp³-hybridized carbons (Fsp3) is 0.800. The van der Waals surface area contributed by atoms with Crippen LogP contribution in [-0.4, -0.2) is 20.5 Å². The lowest BCUT2D eigenvalue weighted by molar-refractivity contribution is -0.0567. The number of aliphatic hydroxyl groups is 1. The summed E-state index contributed by atoms with van der Waals surface area (Å²) in [6, 6.07) is 2.43. The molecule has 1 fully saturated rings. The molecule has 0 saturated heterocycles. The second-order valence-electron chi connectivity index (χ2n) is 6.45. The molecular weight excluding hydrogens is 224 g/mol. The van der Waals surface area contributed by atoms with Crippen molar-refractivity contribution in [3.05, 3.63) is 18.0 Å². The van der Waals surface area contributed by atoms with E-state index >= 15 is 0 Å². The lowest BCUT2D eigenvalue weighted by atomic mass is 9.70. The van der Waals surface area contributed by atoms with E-state index in [9.17, 15) is 5.11 Å². The van der Waals surface area contributed by atoms with Crippen molar-refractivity contribution in [3.63, 3.8) is 0 Å². The largest absolute Gasteiger partial charge is 0.389 e. The third-order valence-corrected chi connectivity index (χ3v) is 4.39. The summed E-state index contributed by atoms with van der Waals surface area (Å²) >= 11 is 0. The SMILES string of the molecule is CC1CCC(C)C(O)(Cc2ccn(C(C)C)n2)C1. The van der Waals surface area contributed by atoms with Crippen molar-refractivity contribution in [3.8, 4) is 0 Å². The Morgan fingerprint density at radius 2 is 2.17 bits per heavy atom. The molecule has 3 nitrogen and oxygen atoms in total. The van der Waals surface area contributed by atoms with E-state index in [0.29, 0.717) is 24.3 Å². The van der Waals surface area contributed by atoms with Gasteiger partial charge in [-0.3, -0.25) is 4.68 Å². The van der Waals surface area contributed by atoms with E-state index in [1.165, 1.54) is 6.42 Å². The molecule has 0 spiro atoms. The van der Waals surface area contributed by atoms with Gasteiger partial charge in [0, 0.05) is 18.7 Å². The van der Waals surface area contributed by atoms with Gasteiger partial charge in [-0.25, -0.2) is 0 Å². The van der Waals surface area contributed by atoms with Crippen LogP contribution in [0.15, 0.2) is 12.3 Å². The van der Waals surface area contributed by atoms with Crippen LogP contribution in [0.3, 0.4) is 0 Å². The van der Waals surface area contributed by atoms with Gasteiger partial charge >= 0.3 is 0 Å². The van der Waals surface area contributed by atoms with E-state index in [1.807, 2.05) is 16.9 Å². The summed E-state index contributed by atoms with van der Waals surface area (Å²) < 4.78 is 1.97. The zero-order chi connectivity index (χ0) is 13.3. The zero-order valence-electron chi connectivity index (χ0n) is 12.1. The zero-order valence-corrected chi connectivity index (χ0v) is 12.1. The average molecular weight is 250 g/mol.